The summed E-state index contributed by atoms with van der Waals surface area (Å²) in [6.45, 7) is 2.86. The molecule has 1 atom stereocenters. The van der Waals surface area contributed by atoms with Crippen molar-refractivity contribution in [1.82, 2.24) is 14.3 Å². The number of imidazole rings is 1. The van der Waals surface area contributed by atoms with E-state index in [0.29, 0.717) is 34.6 Å². The summed E-state index contributed by atoms with van der Waals surface area (Å²) >= 11 is 6.10. The van der Waals surface area contributed by atoms with Crippen molar-refractivity contribution in [1.29, 1.82) is 0 Å². The highest BCUT2D eigenvalue weighted by molar-refractivity contribution is 6.30. The first-order valence-corrected chi connectivity index (χ1v) is 12.8. The first-order chi connectivity index (χ1) is 17.7. The topological polar surface area (TPSA) is 37.6 Å². The van der Waals surface area contributed by atoms with Crippen molar-refractivity contribution >= 4 is 23.2 Å². The van der Waals surface area contributed by atoms with E-state index < -0.39 is 11.7 Å². The SMILES string of the molecule is C[C@H]1CCCCN1C(=O)CCc1c(-c2ccc(Cl)cc2)nc2ccc(-c3cccc(C(F)(F)F)c3)cn12. The Morgan fingerprint density at radius 2 is 1.78 bits per heavy atom. The molecule has 0 unspecified atom stereocenters. The molecule has 1 fully saturated rings. The zero-order chi connectivity index (χ0) is 26.2. The van der Waals surface area contributed by atoms with Gasteiger partial charge in [-0.2, -0.15) is 13.2 Å². The van der Waals surface area contributed by atoms with Crippen LogP contribution in [0.5, 0.6) is 0 Å². The third-order valence-corrected chi connectivity index (χ3v) is 7.31. The molecular formula is C29H27ClF3N3O. The Labute approximate surface area is 218 Å². The number of carbonyl (C=O) groups is 1. The molecule has 2 aromatic heterocycles. The number of nitrogens with zero attached hydrogens (tertiary/aromatic N) is 3. The molecule has 0 N–H and O–H groups in total. The molecule has 2 aromatic carbocycles. The molecule has 1 saturated heterocycles. The number of halogens is 4. The predicted octanol–water partition coefficient (Wildman–Crippen LogP) is 7.67. The number of carbonyl (C=O) groups excluding carboxylic acids is 1. The van der Waals surface area contributed by atoms with Gasteiger partial charge in [0.25, 0.3) is 0 Å². The second-order valence-corrected chi connectivity index (χ2v) is 10.0. The Morgan fingerprint density at radius 1 is 1.03 bits per heavy atom. The molecule has 192 valence electrons. The van der Waals surface area contributed by atoms with E-state index in [9.17, 15) is 18.0 Å². The van der Waals surface area contributed by atoms with Crippen molar-refractivity contribution in [2.75, 3.05) is 6.54 Å². The maximum atomic E-state index is 13.3. The molecule has 3 heterocycles. The maximum absolute atomic E-state index is 13.3. The molecule has 8 heteroatoms. The van der Waals surface area contributed by atoms with Crippen LogP contribution in [0.2, 0.25) is 5.02 Å². The average Bonchev–Trinajstić information content (AvgIpc) is 3.25. The molecule has 0 saturated carbocycles. The van der Waals surface area contributed by atoms with Crippen LogP contribution in [-0.4, -0.2) is 32.8 Å². The van der Waals surface area contributed by atoms with Gasteiger partial charge in [0.2, 0.25) is 5.91 Å². The van der Waals surface area contributed by atoms with Gasteiger partial charge in [-0.05, 0) is 80.1 Å². The summed E-state index contributed by atoms with van der Waals surface area (Å²) in [5.74, 6) is 0.109. The van der Waals surface area contributed by atoms with Gasteiger partial charge in [0.05, 0.1) is 17.0 Å². The normalized spacial score (nSPS) is 16.4. The molecule has 37 heavy (non-hydrogen) atoms. The second-order valence-electron chi connectivity index (χ2n) is 9.57. The fraction of sp³-hybridized carbons (Fsp3) is 0.310. The molecule has 1 aliphatic rings. The predicted molar refractivity (Wildman–Crippen MR) is 139 cm³/mol. The van der Waals surface area contributed by atoms with E-state index in [1.807, 2.05) is 21.4 Å². The van der Waals surface area contributed by atoms with Crippen molar-refractivity contribution < 1.29 is 18.0 Å². The van der Waals surface area contributed by atoms with Crippen LogP contribution in [0.4, 0.5) is 13.2 Å². The lowest BCUT2D eigenvalue weighted by molar-refractivity contribution is -0.137. The van der Waals surface area contributed by atoms with Gasteiger partial charge in [-0.25, -0.2) is 4.98 Å². The lowest BCUT2D eigenvalue weighted by Gasteiger charge is -2.33. The minimum Gasteiger partial charge on any atom is -0.340 e. The highest BCUT2D eigenvalue weighted by Crippen LogP contribution is 2.33. The van der Waals surface area contributed by atoms with E-state index in [0.717, 1.165) is 54.9 Å². The Bertz CT molecular complexity index is 1430. The average molecular weight is 526 g/mol. The number of amides is 1. The van der Waals surface area contributed by atoms with Crippen LogP contribution in [0, 0.1) is 0 Å². The minimum atomic E-state index is -4.42. The van der Waals surface area contributed by atoms with Gasteiger partial charge in [0.1, 0.15) is 5.65 Å². The van der Waals surface area contributed by atoms with Crippen molar-refractivity contribution in [2.45, 2.75) is 51.2 Å². The van der Waals surface area contributed by atoms with E-state index in [2.05, 4.69) is 6.92 Å². The number of aryl methyl sites for hydroxylation is 1. The van der Waals surface area contributed by atoms with Gasteiger partial charge >= 0.3 is 6.18 Å². The summed E-state index contributed by atoms with van der Waals surface area (Å²) in [6.07, 6.45) is 1.32. The van der Waals surface area contributed by atoms with E-state index in [4.69, 9.17) is 16.6 Å². The van der Waals surface area contributed by atoms with Gasteiger partial charge in [-0.15, -0.1) is 0 Å². The summed E-state index contributed by atoms with van der Waals surface area (Å²) in [5, 5.41) is 0.607. The lowest BCUT2D eigenvalue weighted by Crippen LogP contribution is -2.42. The van der Waals surface area contributed by atoms with Crippen LogP contribution in [0.3, 0.4) is 0 Å². The van der Waals surface area contributed by atoms with E-state index in [1.54, 1.807) is 36.5 Å². The summed E-state index contributed by atoms with van der Waals surface area (Å²) in [4.78, 5) is 19.9. The summed E-state index contributed by atoms with van der Waals surface area (Å²) < 4.78 is 41.8. The van der Waals surface area contributed by atoms with Crippen LogP contribution >= 0.6 is 11.6 Å². The van der Waals surface area contributed by atoms with Crippen molar-refractivity contribution in [3.8, 4) is 22.4 Å². The Balaban J connectivity index is 1.55. The number of benzene rings is 2. The summed E-state index contributed by atoms with van der Waals surface area (Å²) in [7, 11) is 0. The molecule has 0 radical (unpaired) electrons. The number of hydrogen-bond acceptors (Lipinski definition) is 2. The van der Waals surface area contributed by atoms with Crippen LogP contribution < -0.4 is 0 Å². The Kier molecular flexibility index (Phi) is 6.99. The monoisotopic (exact) mass is 525 g/mol. The fourth-order valence-corrected chi connectivity index (χ4v) is 5.18. The van der Waals surface area contributed by atoms with Crippen molar-refractivity contribution in [3.05, 3.63) is 83.1 Å². The molecule has 4 aromatic rings. The largest absolute Gasteiger partial charge is 0.416 e. The van der Waals surface area contributed by atoms with Gasteiger partial charge in [0.15, 0.2) is 0 Å². The molecule has 0 aliphatic carbocycles. The zero-order valence-corrected chi connectivity index (χ0v) is 21.2. The van der Waals surface area contributed by atoms with Gasteiger partial charge in [0, 0.05) is 35.8 Å². The summed E-state index contributed by atoms with van der Waals surface area (Å²) in [6, 6.07) is 16.4. The number of likely N-dealkylation sites (tertiary alicyclic amines) is 1. The minimum absolute atomic E-state index is 0.109. The van der Waals surface area contributed by atoms with Crippen molar-refractivity contribution in [2.24, 2.45) is 0 Å². The second kappa shape index (κ2) is 10.2. The quantitative estimate of drug-likeness (QED) is 0.268. The van der Waals surface area contributed by atoms with Crippen LogP contribution in [-0.2, 0) is 17.4 Å². The Hall–Kier alpha value is -3.32. The number of rotatable bonds is 5. The number of alkyl halides is 3. The Morgan fingerprint density at radius 3 is 2.51 bits per heavy atom. The molecular weight excluding hydrogens is 499 g/mol. The number of aromatic nitrogens is 2. The first-order valence-electron chi connectivity index (χ1n) is 12.4. The third kappa shape index (κ3) is 5.37. The third-order valence-electron chi connectivity index (χ3n) is 7.06. The molecule has 1 aliphatic heterocycles. The lowest BCUT2D eigenvalue weighted by atomic mass is 10.0. The molecule has 1 amide bonds. The number of piperidine rings is 1. The van der Waals surface area contributed by atoms with Gasteiger partial charge in [-0.1, -0.05) is 35.9 Å². The van der Waals surface area contributed by atoms with Crippen LogP contribution in [0.25, 0.3) is 28.0 Å². The first kappa shape index (κ1) is 25.3. The standard InChI is InChI=1S/C29H27ClF3N3O/c1-19-5-2-3-16-35(19)27(37)15-13-25-28(20-8-11-24(30)12-9-20)34-26-14-10-22(18-36(25)26)21-6-4-7-23(17-21)29(31,32)33/h4,6-12,14,17-19H,2-3,5,13,15-16H2,1H3/t19-/m0/s1. The van der Waals surface area contributed by atoms with Gasteiger partial charge in [-0.3, -0.25) is 4.79 Å². The molecule has 5 rings (SSSR count). The number of pyridine rings is 1. The molecule has 0 bridgehead atoms. The van der Waals surface area contributed by atoms with Crippen LogP contribution in [0.1, 0.15) is 43.9 Å². The van der Waals surface area contributed by atoms with E-state index in [1.165, 1.54) is 6.07 Å². The molecule has 4 nitrogen and oxygen atoms in total. The highest BCUT2D eigenvalue weighted by Gasteiger charge is 2.30. The number of hydrogen-bond donors (Lipinski definition) is 0. The smallest absolute Gasteiger partial charge is 0.340 e. The summed E-state index contributed by atoms with van der Waals surface area (Å²) in [5.41, 5.74) is 3.50. The van der Waals surface area contributed by atoms with Crippen molar-refractivity contribution in [3.63, 3.8) is 0 Å². The van der Waals surface area contributed by atoms with E-state index >= 15 is 0 Å². The maximum Gasteiger partial charge on any atom is 0.416 e. The molecule has 0 spiro atoms. The fourth-order valence-electron chi connectivity index (χ4n) is 5.05. The van der Waals surface area contributed by atoms with E-state index in [-0.39, 0.29) is 11.9 Å². The highest BCUT2D eigenvalue weighted by atomic mass is 35.5. The number of fused-ring (bicyclic) bond motifs is 1. The van der Waals surface area contributed by atoms with Gasteiger partial charge < -0.3 is 9.30 Å². The zero-order valence-electron chi connectivity index (χ0n) is 20.4. The van der Waals surface area contributed by atoms with Crippen LogP contribution in [0.15, 0.2) is 66.9 Å².